The minimum Gasteiger partial charge on any atom is -0.458 e. The molecular weight excluding hydrogens is 268 g/mol. The van der Waals surface area contributed by atoms with E-state index >= 15 is 0 Å². The largest absolute Gasteiger partial charge is 0.458 e. The van der Waals surface area contributed by atoms with Gasteiger partial charge in [0.15, 0.2) is 5.69 Å². The summed E-state index contributed by atoms with van der Waals surface area (Å²) in [6, 6.07) is 13.2. The Balaban J connectivity index is 2.03. The van der Waals surface area contributed by atoms with Crippen LogP contribution in [0.2, 0.25) is 0 Å². The molecule has 0 saturated carbocycles. The zero-order valence-electron chi connectivity index (χ0n) is 10.9. The van der Waals surface area contributed by atoms with Crippen molar-refractivity contribution in [2.24, 2.45) is 0 Å². The molecule has 0 amide bonds. The summed E-state index contributed by atoms with van der Waals surface area (Å²) >= 11 is 1.65. The number of rotatable bonds is 3. The molecule has 1 heterocycles. The molecule has 2 aromatic carbocycles. The number of aromatic nitrogens is 1. The highest BCUT2D eigenvalue weighted by atomic mass is 32.2. The molecule has 20 heavy (non-hydrogen) atoms. The molecule has 3 nitrogen and oxygen atoms in total. The van der Waals surface area contributed by atoms with Gasteiger partial charge < -0.3 is 9.72 Å². The lowest BCUT2D eigenvalue weighted by Crippen LogP contribution is -1.87. The van der Waals surface area contributed by atoms with Crippen molar-refractivity contribution in [3.05, 3.63) is 60.1 Å². The SMILES string of the molecule is [C-]#[N+]c1cccc(Oc2ccc3[nH]ccc3c2SC)c1. The molecule has 0 unspecified atom stereocenters. The van der Waals surface area contributed by atoms with Gasteiger partial charge in [-0.1, -0.05) is 12.1 Å². The van der Waals surface area contributed by atoms with Gasteiger partial charge in [-0.2, -0.15) is 0 Å². The van der Waals surface area contributed by atoms with Gasteiger partial charge in [0.25, 0.3) is 0 Å². The van der Waals surface area contributed by atoms with Crippen molar-refractivity contribution in [1.29, 1.82) is 0 Å². The fourth-order valence-electron chi connectivity index (χ4n) is 2.12. The third-order valence-corrected chi connectivity index (χ3v) is 3.86. The van der Waals surface area contributed by atoms with Gasteiger partial charge in [-0.05, 0) is 36.6 Å². The molecule has 0 fully saturated rings. The van der Waals surface area contributed by atoms with Gasteiger partial charge >= 0.3 is 0 Å². The van der Waals surface area contributed by atoms with E-state index in [1.165, 1.54) is 0 Å². The molecule has 3 aromatic rings. The number of thioether (sulfide) groups is 1. The topological polar surface area (TPSA) is 29.4 Å². The van der Waals surface area contributed by atoms with Crippen molar-refractivity contribution in [1.82, 2.24) is 4.98 Å². The Morgan fingerprint density at radius 2 is 2.10 bits per heavy atom. The monoisotopic (exact) mass is 280 g/mol. The summed E-state index contributed by atoms with van der Waals surface area (Å²) in [7, 11) is 0. The fraction of sp³-hybridized carbons (Fsp3) is 0.0625. The Kier molecular flexibility index (Phi) is 3.36. The normalized spacial score (nSPS) is 10.4. The van der Waals surface area contributed by atoms with E-state index in [0.717, 1.165) is 21.5 Å². The molecule has 0 saturated heterocycles. The number of H-pyrrole nitrogens is 1. The molecule has 1 aromatic heterocycles. The summed E-state index contributed by atoms with van der Waals surface area (Å²) in [5, 5.41) is 1.15. The van der Waals surface area contributed by atoms with Crippen LogP contribution in [0.5, 0.6) is 11.5 Å². The molecular formula is C16H12N2OS. The first-order valence-electron chi connectivity index (χ1n) is 6.11. The highest BCUT2D eigenvalue weighted by Crippen LogP contribution is 2.37. The molecule has 98 valence electrons. The van der Waals surface area contributed by atoms with Crippen LogP contribution in [0.15, 0.2) is 53.6 Å². The quantitative estimate of drug-likeness (QED) is 0.525. The number of hydrogen-bond acceptors (Lipinski definition) is 2. The summed E-state index contributed by atoms with van der Waals surface area (Å²) in [6.07, 6.45) is 3.96. The first kappa shape index (κ1) is 12.6. The number of nitrogens with zero attached hydrogens (tertiary/aromatic N) is 1. The highest BCUT2D eigenvalue weighted by Gasteiger charge is 2.09. The van der Waals surface area contributed by atoms with E-state index < -0.39 is 0 Å². The second-order valence-corrected chi connectivity index (χ2v) is 5.06. The highest BCUT2D eigenvalue weighted by molar-refractivity contribution is 7.99. The van der Waals surface area contributed by atoms with Crippen LogP contribution in [-0.2, 0) is 0 Å². The van der Waals surface area contributed by atoms with Crippen LogP contribution in [-0.4, -0.2) is 11.2 Å². The molecule has 0 aliphatic carbocycles. The zero-order valence-corrected chi connectivity index (χ0v) is 11.7. The first-order valence-corrected chi connectivity index (χ1v) is 7.34. The molecule has 0 bridgehead atoms. The van der Waals surface area contributed by atoms with Gasteiger partial charge in [0, 0.05) is 17.1 Å². The fourth-order valence-corrected chi connectivity index (χ4v) is 2.83. The van der Waals surface area contributed by atoms with Crippen molar-refractivity contribution >= 4 is 28.4 Å². The van der Waals surface area contributed by atoms with Gasteiger partial charge in [-0.25, -0.2) is 4.85 Å². The second kappa shape index (κ2) is 5.32. The van der Waals surface area contributed by atoms with Gasteiger partial charge in [0.2, 0.25) is 0 Å². The van der Waals surface area contributed by atoms with Crippen LogP contribution in [0.1, 0.15) is 0 Å². The Morgan fingerprint density at radius 3 is 2.90 bits per heavy atom. The van der Waals surface area contributed by atoms with Crippen molar-refractivity contribution in [3.8, 4) is 11.5 Å². The van der Waals surface area contributed by atoms with Crippen molar-refractivity contribution in [2.75, 3.05) is 6.26 Å². The van der Waals surface area contributed by atoms with Crippen LogP contribution >= 0.6 is 11.8 Å². The van der Waals surface area contributed by atoms with Gasteiger partial charge in [-0.15, -0.1) is 11.8 Å². The summed E-state index contributed by atoms with van der Waals surface area (Å²) in [6.45, 7) is 7.05. The maximum absolute atomic E-state index is 7.05. The second-order valence-electron chi connectivity index (χ2n) is 4.25. The minimum atomic E-state index is 0.580. The first-order chi connectivity index (χ1) is 9.81. The molecule has 4 heteroatoms. The van der Waals surface area contributed by atoms with Crippen molar-refractivity contribution in [2.45, 2.75) is 4.90 Å². The van der Waals surface area contributed by atoms with E-state index in [9.17, 15) is 0 Å². The number of fused-ring (bicyclic) bond motifs is 1. The van der Waals surface area contributed by atoms with E-state index in [-0.39, 0.29) is 0 Å². The summed E-state index contributed by atoms with van der Waals surface area (Å²) in [5.41, 5.74) is 1.67. The zero-order chi connectivity index (χ0) is 13.9. The molecule has 0 radical (unpaired) electrons. The lowest BCUT2D eigenvalue weighted by atomic mass is 10.2. The van der Waals surface area contributed by atoms with E-state index in [1.54, 1.807) is 23.9 Å². The van der Waals surface area contributed by atoms with Crippen molar-refractivity contribution < 1.29 is 4.74 Å². The van der Waals surface area contributed by atoms with E-state index in [1.807, 2.05) is 42.8 Å². The lowest BCUT2D eigenvalue weighted by molar-refractivity contribution is 0.473. The van der Waals surface area contributed by atoms with Crippen LogP contribution in [0.3, 0.4) is 0 Å². The number of nitrogens with one attached hydrogen (secondary N) is 1. The average Bonchev–Trinajstić information content (AvgIpc) is 2.96. The molecule has 0 aliphatic rings. The standard InChI is InChI=1S/C16H12N2OS/c1-17-11-4-3-5-12(10-11)19-15-7-6-14-13(8-9-18-14)16(15)20-2/h3-10,18H,2H3. The molecule has 0 atom stereocenters. The van der Waals surface area contributed by atoms with Gasteiger partial charge in [0.05, 0.1) is 11.5 Å². The van der Waals surface area contributed by atoms with Gasteiger partial charge in [0.1, 0.15) is 11.5 Å². The predicted molar refractivity (Wildman–Crippen MR) is 82.9 cm³/mol. The lowest BCUT2D eigenvalue weighted by Gasteiger charge is -2.11. The Hall–Kier alpha value is -2.38. The Bertz CT molecular complexity index is 802. The molecule has 0 aliphatic heterocycles. The number of benzene rings is 2. The van der Waals surface area contributed by atoms with E-state index in [0.29, 0.717) is 11.4 Å². The molecule has 3 rings (SSSR count). The number of ether oxygens (including phenoxy) is 1. The molecule has 0 spiro atoms. The maximum atomic E-state index is 7.05. The van der Waals surface area contributed by atoms with Gasteiger partial charge in [-0.3, -0.25) is 0 Å². The Morgan fingerprint density at radius 1 is 1.20 bits per heavy atom. The predicted octanol–water partition coefficient (Wildman–Crippen LogP) is 5.23. The summed E-state index contributed by atoms with van der Waals surface area (Å²) in [5.74, 6) is 1.50. The number of aromatic amines is 1. The smallest absolute Gasteiger partial charge is 0.190 e. The van der Waals surface area contributed by atoms with Crippen LogP contribution in [0.25, 0.3) is 15.7 Å². The maximum Gasteiger partial charge on any atom is 0.190 e. The van der Waals surface area contributed by atoms with E-state index in [2.05, 4.69) is 9.83 Å². The molecule has 1 N–H and O–H groups in total. The van der Waals surface area contributed by atoms with Crippen LogP contribution < -0.4 is 4.74 Å². The van der Waals surface area contributed by atoms with Crippen LogP contribution in [0, 0.1) is 6.57 Å². The Labute approximate surface area is 121 Å². The van der Waals surface area contributed by atoms with Crippen LogP contribution in [0.4, 0.5) is 5.69 Å². The third kappa shape index (κ3) is 2.24. The summed E-state index contributed by atoms with van der Waals surface area (Å²) in [4.78, 5) is 7.71. The summed E-state index contributed by atoms with van der Waals surface area (Å²) < 4.78 is 5.94. The average molecular weight is 280 g/mol. The number of hydrogen-bond donors (Lipinski definition) is 1. The van der Waals surface area contributed by atoms with E-state index in [4.69, 9.17) is 11.3 Å². The van der Waals surface area contributed by atoms with Crippen molar-refractivity contribution in [3.63, 3.8) is 0 Å². The third-order valence-electron chi connectivity index (χ3n) is 3.03. The minimum absolute atomic E-state index is 0.580.